The molecule has 35 heavy (non-hydrogen) atoms. The second-order valence-electron chi connectivity index (χ2n) is 7.85. The number of anilines is 2. The van der Waals surface area contributed by atoms with Gasteiger partial charge in [-0.05, 0) is 30.3 Å². The Kier molecular flexibility index (Phi) is 5.53. The highest BCUT2D eigenvalue weighted by Gasteiger charge is 2.26. The van der Waals surface area contributed by atoms with Crippen molar-refractivity contribution in [2.75, 3.05) is 37.8 Å². The Morgan fingerprint density at radius 3 is 2.83 bits per heavy atom. The molecule has 0 unspecified atom stereocenters. The van der Waals surface area contributed by atoms with Crippen molar-refractivity contribution < 1.29 is 19.0 Å². The summed E-state index contributed by atoms with van der Waals surface area (Å²) >= 11 is 0. The number of nitrogens with zero attached hydrogens (tertiary/aromatic N) is 4. The number of likely N-dealkylation sites (N-methyl/N-ethyl adjacent to an activating group) is 1. The van der Waals surface area contributed by atoms with Crippen LogP contribution in [0.2, 0.25) is 0 Å². The molecule has 178 valence electrons. The van der Waals surface area contributed by atoms with Crippen LogP contribution in [0.25, 0.3) is 0 Å². The number of nitrogen functional groups attached to an aromatic ring is 2. The molecule has 0 aliphatic carbocycles. The standard InChI is InChI=1S/C23H22N8O4/c1-31-8-7-27-20(31)13-3-2-4-14(9-13)34-23-29-21-18(28-17(32)11-33-21)22(30-23)35-16-10-12(19(25)26)5-6-15(16)24/h2-6,9-10H,7-8,11,24H2,1H3,(H3,25,26)(H,28,32). The van der Waals surface area contributed by atoms with Crippen molar-refractivity contribution in [3.05, 3.63) is 53.6 Å². The number of rotatable bonds is 6. The molecule has 2 aliphatic heterocycles. The lowest BCUT2D eigenvalue weighted by molar-refractivity contribution is -0.118. The van der Waals surface area contributed by atoms with Crippen LogP contribution >= 0.6 is 0 Å². The molecular weight excluding hydrogens is 452 g/mol. The minimum absolute atomic E-state index is 0.0403. The van der Waals surface area contributed by atoms with Gasteiger partial charge in [-0.2, -0.15) is 9.97 Å². The Balaban J connectivity index is 1.50. The third kappa shape index (κ3) is 4.49. The van der Waals surface area contributed by atoms with E-state index in [2.05, 4.69) is 25.2 Å². The van der Waals surface area contributed by atoms with Crippen LogP contribution in [0.4, 0.5) is 11.4 Å². The molecule has 2 aliphatic rings. The summed E-state index contributed by atoms with van der Waals surface area (Å²) in [5.41, 5.74) is 13.4. The van der Waals surface area contributed by atoms with Gasteiger partial charge in [0.2, 0.25) is 5.88 Å². The van der Waals surface area contributed by atoms with Crippen LogP contribution < -0.4 is 31.0 Å². The summed E-state index contributed by atoms with van der Waals surface area (Å²) in [6, 6.07) is 12.0. The van der Waals surface area contributed by atoms with E-state index in [1.165, 1.54) is 6.07 Å². The van der Waals surface area contributed by atoms with Crippen molar-refractivity contribution >= 4 is 29.0 Å². The largest absolute Gasteiger partial charge is 0.466 e. The molecule has 0 bridgehead atoms. The van der Waals surface area contributed by atoms with Crippen LogP contribution in [0.15, 0.2) is 47.5 Å². The van der Waals surface area contributed by atoms with Gasteiger partial charge in [0.1, 0.15) is 17.4 Å². The lowest BCUT2D eigenvalue weighted by atomic mass is 10.2. The maximum Gasteiger partial charge on any atom is 0.328 e. The maximum absolute atomic E-state index is 11.9. The molecule has 0 radical (unpaired) electrons. The number of carbonyl (C=O) groups excluding carboxylic acids is 1. The molecule has 6 N–H and O–H groups in total. The molecule has 0 atom stereocenters. The number of aliphatic imine (C=N–C) groups is 1. The van der Waals surface area contributed by atoms with Gasteiger partial charge in [-0.25, -0.2) is 0 Å². The molecule has 2 aromatic carbocycles. The summed E-state index contributed by atoms with van der Waals surface area (Å²) in [5, 5.41) is 10.3. The van der Waals surface area contributed by atoms with Crippen LogP contribution in [0.5, 0.6) is 29.3 Å². The van der Waals surface area contributed by atoms with E-state index in [1.807, 2.05) is 25.2 Å². The van der Waals surface area contributed by atoms with Crippen LogP contribution in [0, 0.1) is 5.41 Å². The van der Waals surface area contributed by atoms with E-state index in [4.69, 9.17) is 31.1 Å². The van der Waals surface area contributed by atoms with Gasteiger partial charge in [0, 0.05) is 24.7 Å². The van der Waals surface area contributed by atoms with E-state index in [-0.39, 0.29) is 53.2 Å². The molecule has 0 saturated carbocycles. The second-order valence-corrected chi connectivity index (χ2v) is 7.85. The smallest absolute Gasteiger partial charge is 0.328 e. The first-order valence-electron chi connectivity index (χ1n) is 10.7. The molecule has 3 heterocycles. The number of nitrogens with one attached hydrogen (secondary N) is 2. The van der Waals surface area contributed by atoms with E-state index in [0.717, 1.165) is 24.5 Å². The minimum atomic E-state index is -0.390. The topological polar surface area (TPSA) is 174 Å². The van der Waals surface area contributed by atoms with Crippen LogP contribution in [-0.4, -0.2) is 59.2 Å². The summed E-state index contributed by atoms with van der Waals surface area (Å²) in [6.07, 6.45) is 0. The number of amidine groups is 2. The van der Waals surface area contributed by atoms with Crippen molar-refractivity contribution in [3.8, 4) is 29.3 Å². The first-order chi connectivity index (χ1) is 16.9. The number of hydrogen-bond acceptors (Lipinski definition) is 10. The average molecular weight is 474 g/mol. The summed E-state index contributed by atoms with van der Waals surface area (Å²) in [7, 11) is 1.98. The Labute approximate surface area is 200 Å². The number of ether oxygens (including phenoxy) is 3. The van der Waals surface area contributed by atoms with Crippen molar-refractivity contribution in [1.82, 2.24) is 14.9 Å². The first kappa shape index (κ1) is 21.9. The predicted octanol–water partition coefficient (Wildman–Crippen LogP) is 1.95. The van der Waals surface area contributed by atoms with E-state index in [9.17, 15) is 4.79 Å². The van der Waals surface area contributed by atoms with Crippen LogP contribution in [0.3, 0.4) is 0 Å². The van der Waals surface area contributed by atoms with Gasteiger partial charge in [0.15, 0.2) is 18.0 Å². The molecule has 5 rings (SSSR count). The monoisotopic (exact) mass is 474 g/mol. The number of hydrogen-bond donors (Lipinski definition) is 4. The molecule has 12 heteroatoms. The highest BCUT2D eigenvalue weighted by molar-refractivity contribution is 6.00. The summed E-state index contributed by atoms with van der Waals surface area (Å²) in [5.74, 6) is 1.04. The number of benzene rings is 2. The van der Waals surface area contributed by atoms with E-state index < -0.39 is 0 Å². The Morgan fingerprint density at radius 2 is 2.06 bits per heavy atom. The minimum Gasteiger partial charge on any atom is -0.466 e. The third-order valence-electron chi connectivity index (χ3n) is 5.32. The fourth-order valence-corrected chi connectivity index (χ4v) is 3.59. The van der Waals surface area contributed by atoms with Crippen LogP contribution in [0.1, 0.15) is 11.1 Å². The Morgan fingerprint density at radius 1 is 1.20 bits per heavy atom. The Bertz CT molecular complexity index is 1370. The Hall–Kier alpha value is -4.87. The van der Waals surface area contributed by atoms with Crippen LogP contribution in [-0.2, 0) is 4.79 Å². The van der Waals surface area contributed by atoms with Gasteiger partial charge >= 0.3 is 6.01 Å². The van der Waals surface area contributed by atoms with E-state index in [0.29, 0.717) is 11.3 Å². The zero-order valence-corrected chi connectivity index (χ0v) is 18.7. The fraction of sp³-hybridized carbons (Fsp3) is 0.174. The second kappa shape index (κ2) is 8.82. The molecule has 1 aromatic heterocycles. The normalized spacial score (nSPS) is 14.5. The molecule has 3 aromatic rings. The highest BCUT2D eigenvalue weighted by atomic mass is 16.5. The quantitative estimate of drug-likeness (QED) is 0.236. The predicted molar refractivity (Wildman–Crippen MR) is 129 cm³/mol. The first-order valence-corrected chi connectivity index (χ1v) is 10.7. The molecule has 0 fully saturated rings. The molecule has 0 spiro atoms. The summed E-state index contributed by atoms with van der Waals surface area (Å²) in [4.78, 5) is 27.2. The number of nitrogens with two attached hydrogens (primary N) is 2. The van der Waals surface area contributed by atoms with Crippen molar-refractivity contribution in [1.29, 1.82) is 5.41 Å². The zero-order chi connectivity index (χ0) is 24.5. The van der Waals surface area contributed by atoms with Gasteiger partial charge in [-0.1, -0.05) is 12.1 Å². The van der Waals surface area contributed by atoms with Crippen molar-refractivity contribution in [3.63, 3.8) is 0 Å². The molecule has 0 saturated heterocycles. The number of carbonyl (C=O) groups is 1. The lowest BCUT2D eigenvalue weighted by Gasteiger charge is -2.20. The van der Waals surface area contributed by atoms with E-state index in [1.54, 1.807) is 18.2 Å². The summed E-state index contributed by atoms with van der Waals surface area (Å²) < 4.78 is 17.3. The number of fused-ring (bicyclic) bond motifs is 1. The van der Waals surface area contributed by atoms with Gasteiger partial charge in [0.05, 0.1) is 12.2 Å². The number of aromatic nitrogens is 2. The lowest BCUT2D eigenvalue weighted by Crippen LogP contribution is -2.26. The van der Waals surface area contributed by atoms with Gasteiger partial charge in [-0.3, -0.25) is 15.2 Å². The molecule has 12 nitrogen and oxygen atoms in total. The number of amides is 1. The van der Waals surface area contributed by atoms with Crippen molar-refractivity contribution in [2.24, 2.45) is 10.7 Å². The summed E-state index contributed by atoms with van der Waals surface area (Å²) in [6.45, 7) is 1.38. The SMILES string of the molecule is CN1CCN=C1c1cccc(Oc2nc3c(c(Oc4cc(C(=N)N)ccc4N)n2)NC(=O)CO3)c1. The fourth-order valence-electron chi connectivity index (χ4n) is 3.59. The molecule has 1 amide bonds. The van der Waals surface area contributed by atoms with Gasteiger partial charge < -0.3 is 35.9 Å². The van der Waals surface area contributed by atoms with E-state index >= 15 is 0 Å². The maximum atomic E-state index is 11.9. The van der Waals surface area contributed by atoms with Gasteiger partial charge in [0.25, 0.3) is 11.8 Å². The van der Waals surface area contributed by atoms with Gasteiger partial charge in [-0.15, -0.1) is 0 Å². The average Bonchev–Trinajstić information content (AvgIpc) is 3.27. The molecular formula is C23H22N8O4. The third-order valence-corrected chi connectivity index (χ3v) is 5.32. The zero-order valence-electron chi connectivity index (χ0n) is 18.7. The highest BCUT2D eigenvalue weighted by Crippen LogP contribution is 2.40. The van der Waals surface area contributed by atoms with Crippen molar-refractivity contribution in [2.45, 2.75) is 0 Å².